The zero-order chi connectivity index (χ0) is 21.0. The molecule has 0 saturated carbocycles. The lowest BCUT2D eigenvalue weighted by molar-refractivity contribution is 0.601. The second-order valence-electron chi connectivity index (χ2n) is 7.31. The minimum atomic E-state index is -3.68. The minimum absolute atomic E-state index is 0.234. The highest BCUT2D eigenvalue weighted by Crippen LogP contribution is 2.25. The average molecular weight is 418 g/mol. The molecule has 2 aromatic heterocycles. The maximum atomic E-state index is 12.8. The third kappa shape index (κ3) is 4.66. The number of nitrogens with zero attached hydrogens (tertiary/aromatic N) is 2. The topological polar surface area (TPSA) is 72.0 Å². The number of anilines is 1. The lowest BCUT2D eigenvalue weighted by Crippen LogP contribution is -2.13. The van der Waals surface area contributed by atoms with E-state index in [4.69, 9.17) is 4.98 Å². The molecule has 152 valence electrons. The normalized spacial score (nSPS) is 11.5. The molecule has 0 aliphatic heterocycles. The van der Waals surface area contributed by atoms with Crippen LogP contribution in [0, 0.1) is 6.92 Å². The Labute approximate surface area is 176 Å². The van der Waals surface area contributed by atoms with Crippen molar-refractivity contribution in [1.29, 1.82) is 0 Å². The summed E-state index contributed by atoms with van der Waals surface area (Å²) in [6, 6.07) is 20.3. The molecule has 0 fully saturated rings. The summed E-state index contributed by atoms with van der Waals surface area (Å²) in [5, 5.41) is 0.898. The molecule has 0 aliphatic rings. The van der Waals surface area contributed by atoms with E-state index in [-0.39, 0.29) is 4.90 Å². The van der Waals surface area contributed by atoms with E-state index in [1.807, 2.05) is 43.5 Å². The Balaban J connectivity index is 1.56. The zero-order valence-electron chi connectivity index (χ0n) is 16.7. The molecule has 1 N–H and O–H groups in total. The van der Waals surface area contributed by atoms with Gasteiger partial charge in [0.05, 0.1) is 16.1 Å². The van der Waals surface area contributed by atoms with Gasteiger partial charge >= 0.3 is 0 Å². The Hall–Kier alpha value is -3.25. The SMILES string of the molecule is Cc1ccc(S(=O)(=O)Nc2cccc3ccc(CCCc4cccnc4)nc23)cc1. The van der Waals surface area contributed by atoms with Crippen LogP contribution in [0.15, 0.2) is 84.0 Å². The lowest BCUT2D eigenvalue weighted by atomic mass is 10.1. The molecule has 0 atom stereocenters. The van der Waals surface area contributed by atoms with Crippen LogP contribution in [0.3, 0.4) is 0 Å². The fourth-order valence-corrected chi connectivity index (χ4v) is 4.42. The first-order valence-corrected chi connectivity index (χ1v) is 11.4. The Morgan fingerprint density at radius 1 is 0.900 bits per heavy atom. The van der Waals surface area contributed by atoms with Gasteiger partial charge in [0.15, 0.2) is 0 Å². The van der Waals surface area contributed by atoms with E-state index in [9.17, 15) is 8.42 Å². The van der Waals surface area contributed by atoms with Gasteiger partial charge in [0, 0.05) is 23.5 Å². The van der Waals surface area contributed by atoms with Crippen molar-refractivity contribution in [2.75, 3.05) is 4.72 Å². The Kier molecular flexibility index (Phi) is 5.77. The molecule has 0 unspecified atom stereocenters. The third-order valence-electron chi connectivity index (χ3n) is 4.97. The van der Waals surface area contributed by atoms with Crippen LogP contribution in [-0.2, 0) is 22.9 Å². The molecule has 0 spiro atoms. The molecule has 0 saturated heterocycles. The van der Waals surface area contributed by atoms with Gasteiger partial charge in [-0.3, -0.25) is 14.7 Å². The average Bonchev–Trinajstić information content (AvgIpc) is 2.75. The molecular weight excluding hydrogens is 394 g/mol. The maximum absolute atomic E-state index is 12.8. The first-order chi connectivity index (χ1) is 14.5. The first kappa shape index (κ1) is 20.0. The number of nitrogens with one attached hydrogen (secondary N) is 1. The van der Waals surface area contributed by atoms with E-state index in [1.165, 1.54) is 5.56 Å². The molecule has 2 heterocycles. The van der Waals surface area contributed by atoms with Gasteiger partial charge < -0.3 is 0 Å². The molecule has 5 nitrogen and oxygen atoms in total. The predicted octanol–water partition coefficient (Wildman–Crippen LogP) is 4.91. The van der Waals surface area contributed by atoms with Crippen molar-refractivity contribution < 1.29 is 8.42 Å². The van der Waals surface area contributed by atoms with Crippen molar-refractivity contribution in [2.45, 2.75) is 31.1 Å². The molecule has 0 aliphatic carbocycles. The number of aryl methyl sites for hydroxylation is 3. The fraction of sp³-hybridized carbons (Fsp3) is 0.167. The summed E-state index contributed by atoms with van der Waals surface area (Å²) in [7, 11) is -3.68. The van der Waals surface area contributed by atoms with Crippen molar-refractivity contribution in [1.82, 2.24) is 9.97 Å². The summed E-state index contributed by atoms with van der Waals surface area (Å²) in [4.78, 5) is 9.14. The third-order valence-corrected chi connectivity index (χ3v) is 6.36. The fourth-order valence-electron chi connectivity index (χ4n) is 3.35. The van der Waals surface area contributed by atoms with E-state index in [0.717, 1.165) is 35.9 Å². The highest BCUT2D eigenvalue weighted by molar-refractivity contribution is 7.92. The van der Waals surface area contributed by atoms with Crippen molar-refractivity contribution in [3.63, 3.8) is 0 Å². The second-order valence-corrected chi connectivity index (χ2v) is 9.00. The van der Waals surface area contributed by atoms with Crippen LogP contribution in [0.4, 0.5) is 5.69 Å². The highest BCUT2D eigenvalue weighted by atomic mass is 32.2. The summed E-state index contributed by atoms with van der Waals surface area (Å²) < 4.78 is 28.4. The molecule has 4 rings (SSSR count). The number of para-hydroxylation sites is 1. The monoisotopic (exact) mass is 417 g/mol. The molecule has 0 amide bonds. The summed E-state index contributed by atoms with van der Waals surface area (Å²) in [6.45, 7) is 1.92. The number of fused-ring (bicyclic) bond motifs is 1. The van der Waals surface area contributed by atoms with E-state index < -0.39 is 10.0 Å². The Morgan fingerprint density at radius 2 is 1.73 bits per heavy atom. The smallest absolute Gasteiger partial charge is 0.261 e. The van der Waals surface area contributed by atoms with Gasteiger partial charge in [0.1, 0.15) is 0 Å². The molecule has 0 radical (unpaired) electrons. The predicted molar refractivity (Wildman–Crippen MR) is 120 cm³/mol. The van der Waals surface area contributed by atoms with Crippen LogP contribution in [-0.4, -0.2) is 18.4 Å². The van der Waals surface area contributed by atoms with Gasteiger partial charge in [-0.2, -0.15) is 0 Å². The number of benzene rings is 2. The van der Waals surface area contributed by atoms with Crippen LogP contribution in [0.2, 0.25) is 0 Å². The maximum Gasteiger partial charge on any atom is 0.261 e. The number of aromatic nitrogens is 2. The summed E-state index contributed by atoms with van der Waals surface area (Å²) >= 11 is 0. The van der Waals surface area contributed by atoms with Crippen LogP contribution < -0.4 is 4.72 Å². The summed E-state index contributed by atoms with van der Waals surface area (Å²) in [5.74, 6) is 0. The van der Waals surface area contributed by atoms with E-state index in [1.54, 1.807) is 36.5 Å². The standard InChI is InChI=1S/C24H23N3O2S/c1-18-10-14-22(15-11-18)30(28,29)27-23-9-3-7-20-12-13-21(26-24(20)23)8-2-5-19-6-4-16-25-17-19/h3-4,6-7,9-17,27H,2,5,8H2,1H3. The number of sulfonamides is 1. The Morgan fingerprint density at radius 3 is 2.50 bits per heavy atom. The van der Waals surface area contributed by atoms with Crippen molar-refractivity contribution in [3.05, 3.63) is 95.9 Å². The minimum Gasteiger partial charge on any atom is -0.277 e. The quantitative estimate of drug-likeness (QED) is 0.464. The van der Waals surface area contributed by atoms with Gasteiger partial charge in [-0.15, -0.1) is 0 Å². The van der Waals surface area contributed by atoms with E-state index >= 15 is 0 Å². The largest absolute Gasteiger partial charge is 0.277 e. The first-order valence-electron chi connectivity index (χ1n) is 9.88. The lowest BCUT2D eigenvalue weighted by Gasteiger charge is -2.11. The number of hydrogen-bond acceptors (Lipinski definition) is 4. The van der Waals surface area contributed by atoms with Crippen LogP contribution >= 0.6 is 0 Å². The van der Waals surface area contributed by atoms with Crippen LogP contribution in [0.25, 0.3) is 10.9 Å². The van der Waals surface area contributed by atoms with Gasteiger partial charge in [-0.1, -0.05) is 42.0 Å². The van der Waals surface area contributed by atoms with Crippen molar-refractivity contribution in [2.24, 2.45) is 0 Å². The highest BCUT2D eigenvalue weighted by Gasteiger charge is 2.16. The number of pyridine rings is 2. The molecular formula is C24H23N3O2S. The second kappa shape index (κ2) is 8.63. The van der Waals surface area contributed by atoms with E-state index in [2.05, 4.69) is 15.8 Å². The van der Waals surface area contributed by atoms with Crippen molar-refractivity contribution >= 4 is 26.6 Å². The number of hydrogen-bond donors (Lipinski definition) is 1. The number of rotatable bonds is 7. The molecule has 6 heteroatoms. The van der Waals surface area contributed by atoms with Gasteiger partial charge in [0.25, 0.3) is 10.0 Å². The molecule has 4 aromatic rings. The van der Waals surface area contributed by atoms with Crippen LogP contribution in [0.5, 0.6) is 0 Å². The van der Waals surface area contributed by atoms with E-state index in [0.29, 0.717) is 11.2 Å². The molecule has 2 aromatic carbocycles. The zero-order valence-corrected chi connectivity index (χ0v) is 17.6. The summed E-state index contributed by atoms with van der Waals surface area (Å²) in [5.41, 5.74) is 4.30. The molecule has 0 bridgehead atoms. The molecule has 30 heavy (non-hydrogen) atoms. The van der Waals surface area contributed by atoms with Gasteiger partial charge in [-0.25, -0.2) is 8.42 Å². The van der Waals surface area contributed by atoms with Gasteiger partial charge in [-0.05, 0) is 62.1 Å². The van der Waals surface area contributed by atoms with Crippen molar-refractivity contribution in [3.8, 4) is 0 Å². The van der Waals surface area contributed by atoms with Gasteiger partial charge in [0.2, 0.25) is 0 Å². The Bertz CT molecular complexity index is 1250. The summed E-state index contributed by atoms with van der Waals surface area (Å²) in [6.07, 6.45) is 6.33. The van der Waals surface area contributed by atoms with Crippen LogP contribution in [0.1, 0.15) is 23.2 Å².